The lowest BCUT2D eigenvalue weighted by molar-refractivity contribution is 0.0511. The third kappa shape index (κ3) is 10.6. The van der Waals surface area contributed by atoms with Crippen molar-refractivity contribution in [3.63, 3.8) is 0 Å². The Balaban J connectivity index is 1.99. The Morgan fingerprint density at radius 1 is 0.795 bits per heavy atom. The topological polar surface area (TPSA) is 27.7 Å². The van der Waals surface area contributed by atoms with E-state index >= 15 is 0 Å². The van der Waals surface area contributed by atoms with Crippen molar-refractivity contribution >= 4 is 0 Å². The second-order valence-electron chi connectivity index (χ2n) is 16.5. The van der Waals surface area contributed by atoms with Gasteiger partial charge in [0.1, 0.15) is 22.9 Å². The van der Waals surface area contributed by atoms with E-state index in [1.165, 1.54) is 68.1 Å². The predicted molar refractivity (Wildman–Crippen MR) is 191 cm³/mol. The smallest absolute Gasteiger partial charge is 0.133 e. The van der Waals surface area contributed by atoms with Gasteiger partial charge in [0.25, 0.3) is 0 Å². The van der Waals surface area contributed by atoms with Crippen molar-refractivity contribution in [1.29, 1.82) is 0 Å². The first-order chi connectivity index (χ1) is 20.3. The zero-order valence-electron chi connectivity index (χ0n) is 31.4. The highest BCUT2D eigenvalue weighted by Crippen LogP contribution is 2.48. The van der Waals surface area contributed by atoms with Crippen molar-refractivity contribution in [3.05, 3.63) is 46.9 Å². The number of ether oxygens (including phenoxy) is 3. The molecule has 1 aliphatic rings. The van der Waals surface area contributed by atoms with Gasteiger partial charge in [0, 0.05) is 16.4 Å². The molecule has 1 heterocycles. The minimum atomic E-state index is -0.258. The van der Waals surface area contributed by atoms with Crippen LogP contribution in [0, 0.1) is 49.4 Å². The lowest BCUT2D eigenvalue weighted by atomic mass is 9.73. The summed E-state index contributed by atoms with van der Waals surface area (Å²) >= 11 is 0. The number of hydrogen-bond donors (Lipinski definition) is 0. The zero-order valence-corrected chi connectivity index (χ0v) is 31.4. The summed E-state index contributed by atoms with van der Waals surface area (Å²) in [5, 5.41) is 0. The van der Waals surface area contributed by atoms with E-state index in [4.69, 9.17) is 14.2 Å². The Morgan fingerprint density at radius 2 is 1.32 bits per heavy atom. The van der Waals surface area contributed by atoms with Gasteiger partial charge in [0.2, 0.25) is 0 Å². The molecule has 0 aliphatic carbocycles. The van der Waals surface area contributed by atoms with Crippen LogP contribution in [0.3, 0.4) is 0 Å². The molecule has 0 amide bonds. The molecule has 44 heavy (non-hydrogen) atoms. The summed E-state index contributed by atoms with van der Waals surface area (Å²) in [5.74, 6) is 6.08. The van der Waals surface area contributed by atoms with Gasteiger partial charge in [-0.05, 0) is 94.2 Å². The fourth-order valence-corrected chi connectivity index (χ4v) is 7.25. The van der Waals surface area contributed by atoms with Crippen molar-refractivity contribution < 1.29 is 14.2 Å². The van der Waals surface area contributed by atoms with E-state index in [1.807, 2.05) is 0 Å². The lowest BCUT2D eigenvalue weighted by Crippen LogP contribution is -2.37. The first kappa shape index (κ1) is 38.3. The molecule has 1 aliphatic heterocycles. The molecule has 3 atom stereocenters. The van der Waals surface area contributed by atoms with Crippen LogP contribution >= 0.6 is 0 Å². The lowest BCUT2D eigenvalue weighted by Gasteiger charge is -2.39. The average Bonchev–Trinajstić information content (AvgIpc) is 2.92. The molecular formula is C41H70O3. The molecule has 0 fully saturated rings. The highest BCUT2D eigenvalue weighted by atomic mass is 16.5. The summed E-state index contributed by atoms with van der Waals surface area (Å²) in [6.45, 7) is 35.7. The van der Waals surface area contributed by atoms with Crippen molar-refractivity contribution in [2.45, 2.75) is 166 Å². The van der Waals surface area contributed by atoms with Crippen LogP contribution in [-0.2, 0) is 11.2 Å². The number of allylic oxidation sites excluding steroid dienone is 2. The monoisotopic (exact) mass is 611 g/mol. The van der Waals surface area contributed by atoms with E-state index in [1.54, 1.807) is 7.11 Å². The molecule has 0 saturated heterocycles. The molecule has 1 aromatic rings. The van der Waals surface area contributed by atoms with E-state index in [9.17, 15) is 0 Å². The summed E-state index contributed by atoms with van der Waals surface area (Å²) < 4.78 is 19.0. The molecule has 0 saturated carbocycles. The van der Waals surface area contributed by atoms with Crippen LogP contribution in [0.4, 0.5) is 0 Å². The Hall–Kier alpha value is -1.90. The fraction of sp³-hybridized carbons (Fsp3) is 0.756. The second-order valence-corrected chi connectivity index (χ2v) is 16.5. The first-order valence-corrected chi connectivity index (χ1v) is 17.8. The Kier molecular flexibility index (Phi) is 14.0. The fourth-order valence-electron chi connectivity index (χ4n) is 7.25. The van der Waals surface area contributed by atoms with Gasteiger partial charge in [-0.15, -0.1) is 0 Å². The second kappa shape index (κ2) is 16.1. The Bertz CT molecular complexity index is 1110. The molecule has 252 valence electrons. The van der Waals surface area contributed by atoms with E-state index in [2.05, 4.69) is 96.2 Å². The van der Waals surface area contributed by atoms with Gasteiger partial charge in [-0.2, -0.15) is 0 Å². The van der Waals surface area contributed by atoms with E-state index in [0.29, 0.717) is 0 Å². The predicted octanol–water partition coefficient (Wildman–Crippen LogP) is 12.6. The number of hydrogen-bond acceptors (Lipinski definition) is 3. The minimum absolute atomic E-state index is 0.107. The molecule has 2 unspecified atom stereocenters. The van der Waals surface area contributed by atoms with Crippen LogP contribution in [0.1, 0.15) is 155 Å². The maximum atomic E-state index is 6.89. The van der Waals surface area contributed by atoms with Crippen molar-refractivity contribution in [2.24, 2.45) is 28.6 Å². The van der Waals surface area contributed by atoms with Crippen LogP contribution in [0.15, 0.2) is 24.7 Å². The molecule has 0 radical (unpaired) electrons. The van der Waals surface area contributed by atoms with Gasteiger partial charge < -0.3 is 14.2 Å². The van der Waals surface area contributed by atoms with Gasteiger partial charge >= 0.3 is 0 Å². The van der Waals surface area contributed by atoms with Crippen molar-refractivity contribution in [2.75, 3.05) is 7.11 Å². The Morgan fingerprint density at radius 3 is 1.86 bits per heavy atom. The minimum Gasteiger partial charge on any atom is -0.501 e. The molecule has 3 heteroatoms. The molecule has 1 aromatic carbocycles. The van der Waals surface area contributed by atoms with Crippen LogP contribution in [0.2, 0.25) is 0 Å². The highest BCUT2D eigenvalue weighted by Gasteiger charge is 2.37. The third-order valence-corrected chi connectivity index (χ3v) is 10.7. The molecular weight excluding hydrogens is 540 g/mol. The van der Waals surface area contributed by atoms with Gasteiger partial charge in [-0.25, -0.2) is 0 Å². The molecule has 0 spiro atoms. The van der Waals surface area contributed by atoms with Crippen LogP contribution in [-0.4, -0.2) is 12.7 Å². The van der Waals surface area contributed by atoms with E-state index in [0.717, 1.165) is 72.0 Å². The van der Waals surface area contributed by atoms with Gasteiger partial charge in [0.05, 0.1) is 12.9 Å². The van der Waals surface area contributed by atoms with Crippen LogP contribution in [0.5, 0.6) is 11.5 Å². The van der Waals surface area contributed by atoms with Crippen LogP contribution < -0.4 is 9.47 Å². The Labute approximate surface area is 273 Å². The normalized spacial score (nSPS) is 18.4. The van der Waals surface area contributed by atoms with E-state index < -0.39 is 0 Å². The number of rotatable bonds is 19. The molecule has 0 aromatic heterocycles. The van der Waals surface area contributed by atoms with Gasteiger partial charge in [-0.3, -0.25) is 0 Å². The van der Waals surface area contributed by atoms with Crippen LogP contribution in [0.25, 0.3) is 0 Å². The quantitative estimate of drug-likeness (QED) is 0.146. The van der Waals surface area contributed by atoms with E-state index in [-0.39, 0.29) is 16.4 Å². The summed E-state index contributed by atoms with van der Waals surface area (Å²) in [5.41, 5.74) is 4.28. The highest BCUT2D eigenvalue weighted by molar-refractivity contribution is 5.59. The average molecular weight is 611 g/mol. The number of benzene rings is 1. The standard InChI is InChI=1S/C41H70O3/c1-28(2)19-16-20-29(3)21-17-22-30(4)23-18-25-41(14)26-24-36-33(7)37(31(5)32(6)38(36)44-41)43-35(9)40(12,13)27-39(10,11)34(8)42-15/h28-30H,8-9,16-27H2,1-7,10-15H3/t29?,30?,41-/m1/s1. The third-order valence-electron chi connectivity index (χ3n) is 10.7. The number of methoxy groups -OCH3 is 1. The molecule has 3 nitrogen and oxygen atoms in total. The van der Waals surface area contributed by atoms with Crippen molar-refractivity contribution in [3.8, 4) is 11.5 Å². The molecule has 0 N–H and O–H groups in total. The maximum absolute atomic E-state index is 6.89. The van der Waals surface area contributed by atoms with Gasteiger partial charge in [0.15, 0.2) is 0 Å². The molecule has 2 rings (SSSR count). The zero-order chi connectivity index (χ0) is 33.5. The SMILES string of the molecule is C=C(OC)C(C)(C)CC(C)(C)C(=C)Oc1c(C)c(C)c2c(c1C)CC[C@@](C)(CCCC(C)CCCC(C)CCCC(C)C)O2. The van der Waals surface area contributed by atoms with Gasteiger partial charge in [-0.1, -0.05) is 113 Å². The molecule has 0 bridgehead atoms. The largest absolute Gasteiger partial charge is 0.501 e. The maximum Gasteiger partial charge on any atom is 0.133 e. The number of fused-ring (bicyclic) bond motifs is 1. The summed E-state index contributed by atoms with van der Waals surface area (Å²) in [6, 6.07) is 0. The summed E-state index contributed by atoms with van der Waals surface area (Å²) in [4.78, 5) is 0. The summed E-state index contributed by atoms with van der Waals surface area (Å²) in [7, 11) is 1.69. The van der Waals surface area contributed by atoms with Crippen molar-refractivity contribution in [1.82, 2.24) is 0 Å². The first-order valence-electron chi connectivity index (χ1n) is 17.8. The summed E-state index contributed by atoms with van der Waals surface area (Å²) in [6.07, 6.45) is 14.8.